The first kappa shape index (κ1) is 17.5. The summed E-state index contributed by atoms with van der Waals surface area (Å²) in [4.78, 5) is 23.2. The fraction of sp³-hybridized carbons (Fsp3) is 0.333. The third kappa shape index (κ3) is 4.61. The normalized spacial score (nSPS) is 11.6. The van der Waals surface area contributed by atoms with Crippen molar-refractivity contribution in [3.05, 3.63) is 28.8 Å². The number of nitrogen functional groups attached to an aromatic ring is 1. The van der Waals surface area contributed by atoms with Gasteiger partial charge < -0.3 is 16.8 Å². The van der Waals surface area contributed by atoms with Gasteiger partial charge in [0.25, 0.3) is 5.91 Å². The van der Waals surface area contributed by atoms with E-state index in [1.165, 1.54) is 12.1 Å². The van der Waals surface area contributed by atoms with Crippen molar-refractivity contribution in [1.82, 2.24) is 5.32 Å². The standard InChI is InChI=1S/C12H16ClN3O2.ClH/c1-6(2)10(11(15)17)16-12(18)8-4-3-7(14)5-9(8)13;/h3-6,10H,14H2,1-2H3,(H2,15,17)(H,16,18);1H. The first-order chi connectivity index (χ1) is 8.32. The van der Waals surface area contributed by atoms with Crippen molar-refractivity contribution in [3.63, 3.8) is 0 Å². The van der Waals surface area contributed by atoms with E-state index in [0.29, 0.717) is 5.69 Å². The molecule has 0 saturated heterocycles. The molecule has 0 aromatic heterocycles. The first-order valence-corrected chi connectivity index (χ1v) is 5.86. The zero-order chi connectivity index (χ0) is 13.9. The average molecular weight is 306 g/mol. The lowest BCUT2D eigenvalue weighted by Crippen LogP contribution is -2.47. The minimum atomic E-state index is -0.730. The summed E-state index contributed by atoms with van der Waals surface area (Å²) in [6.45, 7) is 3.58. The number of primary amides is 1. The van der Waals surface area contributed by atoms with Crippen molar-refractivity contribution >= 4 is 41.5 Å². The molecular formula is C12H17Cl2N3O2. The molecule has 5 nitrogen and oxygen atoms in total. The Labute approximate surface area is 123 Å². The summed E-state index contributed by atoms with van der Waals surface area (Å²) in [5, 5.41) is 2.79. The van der Waals surface area contributed by atoms with Crippen molar-refractivity contribution in [3.8, 4) is 0 Å². The monoisotopic (exact) mass is 305 g/mol. The molecule has 1 rings (SSSR count). The summed E-state index contributed by atoms with van der Waals surface area (Å²) in [6.07, 6.45) is 0. The number of amides is 2. The molecule has 0 bridgehead atoms. The highest BCUT2D eigenvalue weighted by Gasteiger charge is 2.23. The van der Waals surface area contributed by atoms with E-state index in [4.69, 9.17) is 23.1 Å². The van der Waals surface area contributed by atoms with Crippen molar-refractivity contribution in [2.45, 2.75) is 19.9 Å². The topological polar surface area (TPSA) is 98.2 Å². The molecule has 0 spiro atoms. The molecule has 0 radical (unpaired) electrons. The second-order valence-electron chi connectivity index (χ2n) is 4.34. The van der Waals surface area contributed by atoms with Crippen LogP contribution >= 0.6 is 24.0 Å². The van der Waals surface area contributed by atoms with E-state index in [0.717, 1.165) is 0 Å². The summed E-state index contributed by atoms with van der Waals surface area (Å²) in [7, 11) is 0. The van der Waals surface area contributed by atoms with E-state index in [9.17, 15) is 9.59 Å². The van der Waals surface area contributed by atoms with Crippen LogP contribution in [0.5, 0.6) is 0 Å². The third-order valence-corrected chi connectivity index (χ3v) is 2.81. The van der Waals surface area contributed by atoms with Gasteiger partial charge in [-0.15, -0.1) is 12.4 Å². The van der Waals surface area contributed by atoms with Gasteiger partial charge in [0.1, 0.15) is 6.04 Å². The number of carbonyl (C=O) groups is 2. The van der Waals surface area contributed by atoms with E-state index in [-0.39, 0.29) is 28.9 Å². The Morgan fingerprint density at radius 3 is 2.32 bits per heavy atom. The van der Waals surface area contributed by atoms with Crippen molar-refractivity contribution in [1.29, 1.82) is 0 Å². The zero-order valence-corrected chi connectivity index (χ0v) is 12.2. The van der Waals surface area contributed by atoms with E-state index in [1.807, 2.05) is 0 Å². The molecule has 1 aromatic rings. The molecule has 0 heterocycles. The number of carbonyl (C=O) groups excluding carboxylic acids is 2. The van der Waals surface area contributed by atoms with Gasteiger partial charge in [0.05, 0.1) is 10.6 Å². The van der Waals surface area contributed by atoms with Crippen LogP contribution in [-0.2, 0) is 4.79 Å². The van der Waals surface area contributed by atoms with Crippen LogP contribution in [0.15, 0.2) is 18.2 Å². The van der Waals surface area contributed by atoms with Crippen LogP contribution in [0.3, 0.4) is 0 Å². The summed E-state index contributed by atoms with van der Waals surface area (Å²) < 4.78 is 0. The number of rotatable bonds is 4. The number of benzene rings is 1. The Morgan fingerprint density at radius 1 is 1.32 bits per heavy atom. The van der Waals surface area contributed by atoms with Crippen LogP contribution in [0, 0.1) is 5.92 Å². The highest BCUT2D eigenvalue weighted by Crippen LogP contribution is 2.19. The molecule has 0 aliphatic rings. The van der Waals surface area contributed by atoms with Gasteiger partial charge in [-0.05, 0) is 24.1 Å². The van der Waals surface area contributed by atoms with Gasteiger partial charge in [0.15, 0.2) is 0 Å². The predicted molar refractivity (Wildman–Crippen MR) is 78.4 cm³/mol. The fourth-order valence-electron chi connectivity index (χ4n) is 1.50. The smallest absolute Gasteiger partial charge is 0.253 e. The van der Waals surface area contributed by atoms with Crippen LogP contribution in [0.1, 0.15) is 24.2 Å². The summed E-state index contributed by atoms with van der Waals surface area (Å²) in [6, 6.07) is 3.82. The molecule has 1 atom stereocenters. The molecule has 7 heteroatoms. The van der Waals surface area contributed by atoms with E-state index < -0.39 is 17.9 Å². The maximum absolute atomic E-state index is 12.0. The van der Waals surface area contributed by atoms with Gasteiger partial charge in [-0.25, -0.2) is 0 Å². The molecule has 1 aromatic carbocycles. The van der Waals surface area contributed by atoms with Gasteiger partial charge in [0, 0.05) is 5.69 Å². The molecule has 0 fully saturated rings. The quantitative estimate of drug-likeness (QED) is 0.737. The van der Waals surface area contributed by atoms with Gasteiger partial charge in [-0.2, -0.15) is 0 Å². The average Bonchev–Trinajstić information content (AvgIpc) is 2.24. The zero-order valence-electron chi connectivity index (χ0n) is 10.6. The second-order valence-corrected chi connectivity index (χ2v) is 4.74. The number of halogens is 2. The molecule has 0 aliphatic heterocycles. The molecule has 5 N–H and O–H groups in total. The lowest BCUT2D eigenvalue weighted by Gasteiger charge is -2.19. The van der Waals surface area contributed by atoms with Crippen molar-refractivity contribution in [2.75, 3.05) is 5.73 Å². The summed E-state index contributed by atoms with van der Waals surface area (Å²) in [5.74, 6) is -1.12. The van der Waals surface area contributed by atoms with Gasteiger partial charge in [-0.3, -0.25) is 9.59 Å². The van der Waals surface area contributed by atoms with Crippen molar-refractivity contribution in [2.24, 2.45) is 11.7 Å². The van der Waals surface area contributed by atoms with Crippen LogP contribution < -0.4 is 16.8 Å². The SMILES string of the molecule is CC(C)C(NC(=O)c1ccc(N)cc1Cl)C(N)=O.Cl. The van der Waals surface area contributed by atoms with Gasteiger partial charge >= 0.3 is 0 Å². The number of hydrogen-bond donors (Lipinski definition) is 3. The number of anilines is 1. The van der Waals surface area contributed by atoms with Crippen LogP contribution in [0.2, 0.25) is 5.02 Å². The van der Waals surface area contributed by atoms with Crippen LogP contribution in [0.25, 0.3) is 0 Å². The van der Waals surface area contributed by atoms with Crippen LogP contribution in [0.4, 0.5) is 5.69 Å². The lowest BCUT2D eigenvalue weighted by molar-refractivity contribution is -0.120. The van der Waals surface area contributed by atoms with E-state index >= 15 is 0 Å². The first-order valence-electron chi connectivity index (χ1n) is 5.48. The Balaban J connectivity index is 0.00000324. The third-order valence-electron chi connectivity index (χ3n) is 2.50. The minimum absolute atomic E-state index is 0. The maximum atomic E-state index is 12.0. The van der Waals surface area contributed by atoms with E-state index in [2.05, 4.69) is 5.32 Å². The molecule has 106 valence electrons. The van der Waals surface area contributed by atoms with Crippen LogP contribution in [-0.4, -0.2) is 17.9 Å². The molecule has 2 amide bonds. The number of nitrogens with two attached hydrogens (primary N) is 2. The minimum Gasteiger partial charge on any atom is -0.399 e. The number of nitrogens with one attached hydrogen (secondary N) is 1. The summed E-state index contributed by atoms with van der Waals surface area (Å²) >= 11 is 5.91. The molecule has 1 unspecified atom stereocenters. The van der Waals surface area contributed by atoms with Gasteiger partial charge in [0.2, 0.25) is 5.91 Å². The Kier molecular flexibility index (Phi) is 6.65. The highest BCUT2D eigenvalue weighted by atomic mass is 35.5. The summed E-state index contributed by atoms with van der Waals surface area (Å²) in [5.41, 5.74) is 11.5. The van der Waals surface area contributed by atoms with Gasteiger partial charge in [-0.1, -0.05) is 25.4 Å². The highest BCUT2D eigenvalue weighted by molar-refractivity contribution is 6.34. The maximum Gasteiger partial charge on any atom is 0.253 e. The van der Waals surface area contributed by atoms with E-state index in [1.54, 1.807) is 19.9 Å². The fourth-order valence-corrected chi connectivity index (χ4v) is 1.78. The second kappa shape index (κ2) is 7.21. The lowest BCUT2D eigenvalue weighted by atomic mass is 10.0. The predicted octanol–water partition coefficient (Wildman–Crippen LogP) is 1.58. The molecule has 19 heavy (non-hydrogen) atoms. The Hall–Kier alpha value is -1.46. The Bertz CT molecular complexity index is 478. The number of hydrogen-bond acceptors (Lipinski definition) is 3. The molecule has 0 saturated carbocycles. The molecular weight excluding hydrogens is 289 g/mol. The molecule has 0 aliphatic carbocycles. The largest absolute Gasteiger partial charge is 0.399 e. The Morgan fingerprint density at radius 2 is 1.89 bits per heavy atom. The van der Waals surface area contributed by atoms with Crippen molar-refractivity contribution < 1.29 is 9.59 Å².